The molecule has 2 aromatic rings. The first-order chi connectivity index (χ1) is 11.4. The molecule has 9 heteroatoms. The van der Waals surface area contributed by atoms with E-state index in [1.54, 1.807) is 12.1 Å². The Labute approximate surface area is 149 Å². The Kier molecular flexibility index (Phi) is 5.05. The molecule has 3 rings (SSSR count). The zero-order chi connectivity index (χ0) is 17.3. The first kappa shape index (κ1) is 17.5. The van der Waals surface area contributed by atoms with Crippen LogP contribution < -0.4 is 5.32 Å². The van der Waals surface area contributed by atoms with Crippen LogP contribution in [0.3, 0.4) is 0 Å². The Morgan fingerprint density at radius 1 is 1.25 bits per heavy atom. The molecule has 2 aromatic heterocycles. The number of amides is 1. The van der Waals surface area contributed by atoms with Crippen LogP contribution >= 0.6 is 22.7 Å². The topological polar surface area (TPSA) is 79.4 Å². The Balaban J connectivity index is 1.66. The number of aryl methyl sites for hydroxylation is 2. The molecule has 0 spiro atoms. The van der Waals surface area contributed by atoms with Crippen LogP contribution in [0.2, 0.25) is 0 Å². The van der Waals surface area contributed by atoms with E-state index in [1.165, 1.54) is 27.0 Å². The standard InChI is InChI=1S/C15H19N3O3S3/c1-10-14(22-11(2)17-10)15(19)16-9-12-5-6-13(23-12)24(20,21)18-7-3-4-8-18/h5-6H,3-4,7-9H2,1-2H3,(H,16,19). The highest BCUT2D eigenvalue weighted by Gasteiger charge is 2.28. The van der Waals surface area contributed by atoms with Gasteiger partial charge < -0.3 is 5.32 Å². The van der Waals surface area contributed by atoms with Gasteiger partial charge in [0.15, 0.2) is 0 Å². The van der Waals surface area contributed by atoms with Crippen molar-refractivity contribution in [2.75, 3.05) is 13.1 Å². The molecule has 1 aliphatic heterocycles. The monoisotopic (exact) mass is 385 g/mol. The summed E-state index contributed by atoms with van der Waals surface area (Å²) in [6, 6.07) is 3.39. The van der Waals surface area contributed by atoms with Crippen molar-refractivity contribution in [3.05, 3.63) is 32.6 Å². The van der Waals surface area contributed by atoms with Crippen molar-refractivity contribution >= 4 is 38.6 Å². The Morgan fingerprint density at radius 3 is 2.58 bits per heavy atom. The molecule has 1 N–H and O–H groups in total. The molecule has 1 fully saturated rings. The van der Waals surface area contributed by atoms with Gasteiger partial charge in [0.1, 0.15) is 9.09 Å². The largest absolute Gasteiger partial charge is 0.346 e. The highest BCUT2D eigenvalue weighted by Crippen LogP contribution is 2.27. The number of nitrogens with one attached hydrogen (secondary N) is 1. The van der Waals surface area contributed by atoms with E-state index in [-0.39, 0.29) is 5.91 Å². The summed E-state index contributed by atoms with van der Waals surface area (Å²) in [6.07, 6.45) is 1.84. The number of sulfonamides is 1. The van der Waals surface area contributed by atoms with Crippen molar-refractivity contribution < 1.29 is 13.2 Å². The van der Waals surface area contributed by atoms with E-state index in [1.807, 2.05) is 13.8 Å². The van der Waals surface area contributed by atoms with Crippen LogP contribution in [0, 0.1) is 13.8 Å². The molecule has 3 heterocycles. The van der Waals surface area contributed by atoms with Gasteiger partial charge in [-0.1, -0.05) is 0 Å². The Bertz CT molecular complexity index is 848. The van der Waals surface area contributed by atoms with Crippen LogP contribution in [0.5, 0.6) is 0 Å². The summed E-state index contributed by atoms with van der Waals surface area (Å²) in [5, 5.41) is 3.69. The first-order valence-corrected chi connectivity index (χ1v) is 10.8. The van der Waals surface area contributed by atoms with E-state index in [0.717, 1.165) is 28.4 Å². The molecule has 0 radical (unpaired) electrons. The molecule has 1 aliphatic rings. The normalized spacial score (nSPS) is 15.8. The third-order valence-corrected chi connectivity index (χ3v) is 8.35. The second kappa shape index (κ2) is 6.91. The maximum absolute atomic E-state index is 12.5. The first-order valence-electron chi connectivity index (χ1n) is 7.69. The predicted octanol–water partition coefficient (Wildman–Crippen LogP) is 2.54. The Morgan fingerprint density at radius 2 is 1.96 bits per heavy atom. The molecular formula is C15H19N3O3S3. The third-order valence-electron chi connectivity index (χ3n) is 3.83. The van der Waals surface area contributed by atoms with Crippen LogP contribution in [0.1, 0.15) is 38.1 Å². The maximum Gasteiger partial charge on any atom is 0.263 e. The van der Waals surface area contributed by atoms with Crippen LogP contribution in [0.15, 0.2) is 16.3 Å². The van der Waals surface area contributed by atoms with Crippen molar-refractivity contribution in [2.45, 2.75) is 37.4 Å². The summed E-state index contributed by atoms with van der Waals surface area (Å²) >= 11 is 2.58. The third kappa shape index (κ3) is 3.53. The number of hydrogen-bond acceptors (Lipinski definition) is 6. The molecule has 0 aliphatic carbocycles. The molecule has 6 nitrogen and oxygen atoms in total. The smallest absolute Gasteiger partial charge is 0.263 e. The van der Waals surface area contributed by atoms with Gasteiger partial charge in [0.2, 0.25) is 0 Å². The van der Waals surface area contributed by atoms with E-state index in [2.05, 4.69) is 10.3 Å². The SMILES string of the molecule is Cc1nc(C)c(C(=O)NCc2ccc(S(=O)(=O)N3CCCC3)s2)s1. The zero-order valence-corrected chi connectivity index (χ0v) is 16.0. The van der Waals surface area contributed by atoms with E-state index in [4.69, 9.17) is 0 Å². The van der Waals surface area contributed by atoms with Crippen molar-refractivity contribution in [1.29, 1.82) is 0 Å². The minimum Gasteiger partial charge on any atom is -0.346 e. The summed E-state index contributed by atoms with van der Waals surface area (Å²) < 4.78 is 26.9. The van der Waals surface area contributed by atoms with Crippen LogP contribution in [-0.4, -0.2) is 36.7 Å². The quantitative estimate of drug-likeness (QED) is 0.858. The number of thiazole rings is 1. The van der Waals surface area contributed by atoms with Crippen molar-refractivity contribution in [2.24, 2.45) is 0 Å². The second-order valence-electron chi connectivity index (χ2n) is 5.66. The van der Waals surface area contributed by atoms with Crippen LogP contribution in [-0.2, 0) is 16.6 Å². The second-order valence-corrected chi connectivity index (χ2v) is 10.2. The lowest BCUT2D eigenvalue weighted by Gasteiger charge is -2.13. The van der Waals surface area contributed by atoms with E-state index in [9.17, 15) is 13.2 Å². The fourth-order valence-corrected chi connectivity index (χ4v) is 6.44. The van der Waals surface area contributed by atoms with E-state index >= 15 is 0 Å². The van der Waals surface area contributed by atoms with Gasteiger partial charge in [0, 0.05) is 18.0 Å². The lowest BCUT2D eigenvalue weighted by atomic mass is 10.3. The zero-order valence-electron chi connectivity index (χ0n) is 13.5. The van der Waals surface area contributed by atoms with Crippen LogP contribution in [0.25, 0.3) is 0 Å². The van der Waals surface area contributed by atoms with Crippen LogP contribution in [0.4, 0.5) is 0 Å². The lowest BCUT2D eigenvalue weighted by Crippen LogP contribution is -2.27. The van der Waals surface area contributed by atoms with Crippen molar-refractivity contribution in [3.63, 3.8) is 0 Å². The number of nitrogens with zero attached hydrogens (tertiary/aromatic N) is 2. The van der Waals surface area contributed by atoms with E-state index < -0.39 is 10.0 Å². The molecule has 0 bridgehead atoms. The van der Waals surface area contributed by atoms with Crippen molar-refractivity contribution in [3.8, 4) is 0 Å². The van der Waals surface area contributed by atoms with Gasteiger partial charge in [-0.05, 0) is 38.8 Å². The fourth-order valence-electron chi connectivity index (χ4n) is 2.64. The predicted molar refractivity (Wildman–Crippen MR) is 95.1 cm³/mol. The van der Waals surface area contributed by atoms with Gasteiger partial charge in [-0.3, -0.25) is 4.79 Å². The highest BCUT2D eigenvalue weighted by atomic mass is 32.2. The summed E-state index contributed by atoms with van der Waals surface area (Å²) in [5.74, 6) is -0.171. The minimum atomic E-state index is -3.38. The number of rotatable bonds is 5. The molecule has 130 valence electrons. The molecule has 0 atom stereocenters. The van der Waals surface area contributed by atoms with Crippen molar-refractivity contribution in [1.82, 2.24) is 14.6 Å². The molecule has 0 aromatic carbocycles. The number of aromatic nitrogens is 1. The van der Waals surface area contributed by atoms with Gasteiger partial charge >= 0.3 is 0 Å². The molecule has 0 unspecified atom stereocenters. The van der Waals surface area contributed by atoms with Gasteiger partial charge in [0.05, 0.1) is 17.2 Å². The number of carbonyl (C=O) groups excluding carboxylic acids is 1. The van der Waals surface area contributed by atoms with Gasteiger partial charge in [0.25, 0.3) is 15.9 Å². The number of thiophene rings is 1. The average Bonchev–Trinajstić information content (AvgIpc) is 3.25. The molecule has 24 heavy (non-hydrogen) atoms. The number of hydrogen-bond donors (Lipinski definition) is 1. The summed E-state index contributed by atoms with van der Waals surface area (Å²) in [7, 11) is -3.38. The van der Waals surface area contributed by atoms with E-state index in [0.29, 0.717) is 28.7 Å². The average molecular weight is 386 g/mol. The molecule has 0 saturated carbocycles. The maximum atomic E-state index is 12.5. The lowest BCUT2D eigenvalue weighted by molar-refractivity contribution is 0.0954. The molecule has 1 amide bonds. The molecule has 1 saturated heterocycles. The number of carbonyl (C=O) groups is 1. The van der Waals surface area contributed by atoms with Gasteiger partial charge in [-0.15, -0.1) is 22.7 Å². The Hall–Kier alpha value is -1.29. The minimum absolute atomic E-state index is 0.171. The van der Waals surface area contributed by atoms with Gasteiger partial charge in [-0.2, -0.15) is 4.31 Å². The summed E-state index contributed by atoms with van der Waals surface area (Å²) in [5.41, 5.74) is 0.721. The molecular weight excluding hydrogens is 366 g/mol. The highest BCUT2D eigenvalue weighted by molar-refractivity contribution is 7.91. The summed E-state index contributed by atoms with van der Waals surface area (Å²) in [6.45, 7) is 5.18. The fraction of sp³-hybridized carbons (Fsp3) is 0.467. The summed E-state index contributed by atoms with van der Waals surface area (Å²) in [4.78, 5) is 17.9. The van der Waals surface area contributed by atoms with Gasteiger partial charge in [-0.25, -0.2) is 13.4 Å².